The molecule has 0 spiro atoms. The van der Waals surface area contributed by atoms with Crippen molar-refractivity contribution in [3.8, 4) is 0 Å². The average molecular weight is 383 g/mol. The van der Waals surface area contributed by atoms with Crippen LogP contribution in [0.25, 0.3) is 0 Å². The summed E-state index contributed by atoms with van der Waals surface area (Å²) in [4.78, 5) is 2.59. The summed E-state index contributed by atoms with van der Waals surface area (Å²) in [5.74, 6) is 0.723. The summed E-state index contributed by atoms with van der Waals surface area (Å²) in [6, 6.07) is 13.3. The van der Waals surface area contributed by atoms with Crippen molar-refractivity contribution in [1.29, 1.82) is 0 Å². The second-order valence-corrected chi connectivity index (χ2v) is 6.84. The van der Waals surface area contributed by atoms with E-state index < -0.39 is 0 Å². The molecule has 1 aromatic heterocycles. The molecular formula is C19H28Cl2N4. The minimum absolute atomic E-state index is 0. The Morgan fingerprint density at radius 1 is 1.04 bits per heavy atom. The highest BCUT2D eigenvalue weighted by atomic mass is 35.5. The molecule has 2 aromatic rings. The van der Waals surface area contributed by atoms with Crippen LogP contribution in [0.1, 0.15) is 42.1 Å². The van der Waals surface area contributed by atoms with E-state index in [0.717, 1.165) is 32.1 Å². The normalized spacial score (nSPS) is 20.7. The van der Waals surface area contributed by atoms with Crippen LogP contribution in [0.4, 0.5) is 0 Å². The van der Waals surface area contributed by atoms with Crippen molar-refractivity contribution in [2.75, 3.05) is 19.6 Å². The maximum absolute atomic E-state index is 4.79. The fraction of sp³-hybridized carbons (Fsp3) is 0.526. The largest absolute Gasteiger partial charge is 0.309 e. The molecule has 25 heavy (non-hydrogen) atoms. The lowest BCUT2D eigenvalue weighted by Crippen LogP contribution is -2.28. The fourth-order valence-corrected chi connectivity index (χ4v) is 3.93. The molecule has 1 saturated heterocycles. The molecule has 2 aliphatic rings. The van der Waals surface area contributed by atoms with Gasteiger partial charge in [0.25, 0.3) is 0 Å². The van der Waals surface area contributed by atoms with E-state index in [1.54, 1.807) is 0 Å². The molecule has 1 aromatic carbocycles. The summed E-state index contributed by atoms with van der Waals surface area (Å²) in [6.07, 6.45) is 3.86. The van der Waals surface area contributed by atoms with Gasteiger partial charge in [-0.05, 0) is 49.9 Å². The molecule has 6 heteroatoms. The third-order valence-electron chi connectivity index (χ3n) is 5.20. The molecule has 138 valence electrons. The van der Waals surface area contributed by atoms with E-state index in [1.165, 1.54) is 49.3 Å². The highest BCUT2D eigenvalue weighted by Crippen LogP contribution is 2.28. The SMILES string of the molecule is Cl.Cl.c1ccc(C2CCCN(Cc3cc4n(n3)CCNC4)CC2)cc1. The second kappa shape index (κ2) is 9.58. The van der Waals surface area contributed by atoms with Gasteiger partial charge in [0.15, 0.2) is 0 Å². The first-order valence-electron chi connectivity index (χ1n) is 8.92. The van der Waals surface area contributed by atoms with Gasteiger partial charge in [-0.25, -0.2) is 0 Å². The van der Waals surface area contributed by atoms with Crippen molar-refractivity contribution in [2.24, 2.45) is 0 Å². The van der Waals surface area contributed by atoms with Gasteiger partial charge in [0.2, 0.25) is 0 Å². The quantitative estimate of drug-likeness (QED) is 0.879. The van der Waals surface area contributed by atoms with Gasteiger partial charge in [0, 0.05) is 19.6 Å². The minimum Gasteiger partial charge on any atom is -0.309 e. The Balaban J connectivity index is 0.00000113. The molecule has 0 amide bonds. The highest BCUT2D eigenvalue weighted by Gasteiger charge is 2.20. The van der Waals surface area contributed by atoms with E-state index in [-0.39, 0.29) is 24.8 Å². The third-order valence-corrected chi connectivity index (χ3v) is 5.20. The van der Waals surface area contributed by atoms with E-state index in [9.17, 15) is 0 Å². The van der Waals surface area contributed by atoms with E-state index in [2.05, 4.69) is 51.3 Å². The fourth-order valence-electron chi connectivity index (χ4n) is 3.93. The number of rotatable bonds is 3. The number of fused-ring (bicyclic) bond motifs is 1. The van der Waals surface area contributed by atoms with Crippen molar-refractivity contribution in [1.82, 2.24) is 20.0 Å². The maximum atomic E-state index is 4.79. The highest BCUT2D eigenvalue weighted by molar-refractivity contribution is 5.85. The Morgan fingerprint density at radius 3 is 2.68 bits per heavy atom. The minimum atomic E-state index is 0. The van der Waals surface area contributed by atoms with Crippen LogP contribution in [0.3, 0.4) is 0 Å². The first-order valence-corrected chi connectivity index (χ1v) is 8.92. The zero-order valence-electron chi connectivity index (χ0n) is 14.6. The monoisotopic (exact) mass is 382 g/mol. The van der Waals surface area contributed by atoms with Gasteiger partial charge in [-0.1, -0.05) is 30.3 Å². The van der Waals surface area contributed by atoms with Gasteiger partial charge in [-0.3, -0.25) is 9.58 Å². The van der Waals surface area contributed by atoms with Crippen molar-refractivity contribution in [3.05, 3.63) is 53.3 Å². The molecule has 4 rings (SSSR count). The van der Waals surface area contributed by atoms with Crippen LogP contribution in [0, 0.1) is 0 Å². The lowest BCUT2D eigenvalue weighted by atomic mass is 9.92. The average Bonchev–Trinajstić information content (AvgIpc) is 2.86. The first-order chi connectivity index (χ1) is 11.4. The lowest BCUT2D eigenvalue weighted by Gasteiger charge is -2.19. The number of nitrogens with zero attached hydrogens (tertiary/aromatic N) is 3. The van der Waals surface area contributed by atoms with Gasteiger partial charge in [-0.15, -0.1) is 24.8 Å². The molecule has 0 saturated carbocycles. The predicted octanol–water partition coefficient (Wildman–Crippen LogP) is 3.60. The molecule has 1 N–H and O–H groups in total. The molecule has 0 bridgehead atoms. The van der Waals surface area contributed by atoms with Crippen molar-refractivity contribution < 1.29 is 0 Å². The summed E-state index contributed by atoms with van der Waals surface area (Å²) in [5.41, 5.74) is 4.09. The summed E-state index contributed by atoms with van der Waals surface area (Å²) in [6.45, 7) is 6.39. The number of benzene rings is 1. The molecule has 1 unspecified atom stereocenters. The number of nitrogens with one attached hydrogen (secondary N) is 1. The molecule has 2 aliphatic heterocycles. The van der Waals surface area contributed by atoms with E-state index >= 15 is 0 Å². The number of halogens is 2. The van der Waals surface area contributed by atoms with Crippen LogP contribution in [0.2, 0.25) is 0 Å². The van der Waals surface area contributed by atoms with Crippen LogP contribution >= 0.6 is 24.8 Å². The number of aromatic nitrogens is 2. The summed E-state index contributed by atoms with van der Waals surface area (Å²) < 4.78 is 2.18. The Kier molecular flexibility index (Phi) is 7.76. The van der Waals surface area contributed by atoms with Crippen LogP contribution in [0.5, 0.6) is 0 Å². The maximum Gasteiger partial charge on any atom is 0.0768 e. The van der Waals surface area contributed by atoms with E-state index in [1.807, 2.05) is 0 Å². The zero-order chi connectivity index (χ0) is 15.5. The Bertz CT molecular complexity index is 621. The van der Waals surface area contributed by atoms with Gasteiger partial charge in [-0.2, -0.15) is 5.10 Å². The number of hydrogen-bond acceptors (Lipinski definition) is 3. The number of hydrogen-bond donors (Lipinski definition) is 1. The Morgan fingerprint density at radius 2 is 1.88 bits per heavy atom. The number of likely N-dealkylation sites (tertiary alicyclic amines) is 1. The third kappa shape index (κ3) is 4.98. The Labute approximate surface area is 162 Å². The molecule has 3 heterocycles. The molecule has 1 atom stereocenters. The lowest BCUT2D eigenvalue weighted by molar-refractivity contribution is 0.271. The smallest absolute Gasteiger partial charge is 0.0768 e. The van der Waals surface area contributed by atoms with Gasteiger partial charge >= 0.3 is 0 Å². The zero-order valence-corrected chi connectivity index (χ0v) is 16.2. The topological polar surface area (TPSA) is 33.1 Å². The standard InChI is InChI=1S/C19H26N4.2ClH/c1-2-5-16(6-3-1)17-7-4-10-22(11-8-17)15-18-13-19-14-20-9-12-23(19)21-18;;/h1-3,5-6,13,17,20H,4,7-12,14-15H2;2*1H. The van der Waals surface area contributed by atoms with Gasteiger partial charge in [0.1, 0.15) is 0 Å². The van der Waals surface area contributed by atoms with Crippen molar-refractivity contribution >= 4 is 24.8 Å². The second-order valence-electron chi connectivity index (χ2n) is 6.84. The van der Waals surface area contributed by atoms with Crippen molar-refractivity contribution in [3.63, 3.8) is 0 Å². The molecule has 0 radical (unpaired) electrons. The molecular weight excluding hydrogens is 355 g/mol. The first kappa shape index (κ1) is 20.2. The summed E-state index contributed by atoms with van der Waals surface area (Å²) >= 11 is 0. The summed E-state index contributed by atoms with van der Waals surface area (Å²) in [5, 5.41) is 8.21. The molecule has 1 fully saturated rings. The Hall–Kier alpha value is -1.07. The predicted molar refractivity (Wildman–Crippen MR) is 107 cm³/mol. The summed E-state index contributed by atoms with van der Waals surface area (Å²) in [7, 11) is 0. The van der Waals surface area contributed by atoms with Crippen LogP contribution in [-0.4, -0.2) is 34.3 Å². The van der Waals surface area contributed by atoms with E-state index in [4.69, 9.17) is 5.10 Å². The van der Waals surface area contributed by atoms with Crippen LogP contribution in [-0.2, 0) is 19.6 Å². The van der Waals surface area contributed by atoms with Crippen LogP contribution < -0.4 is 5.32 Å². The van der Waals surface area contributed by atoms with Gasteiger partial charge in [0.05, 0.1) is 17.9 Å². The van der Waals surface area contributed by atoms with Crippen molar-refractivity contribution in [2.45, 2.75) is 44.8 Å². The van der Waals surface area contributed by atoms with E-state index in [0.29, 0.717) is 0 Å². The van der Waals surface area contributed by atoms with Crippen LogP contribution in [0.15, 0.2) is 36.4 Å². The molecule has 0 aliphatic carbocycles. The van der Waals surface area contributed by atoms with Gasteiger partial charge < -0.3 is 5.32 Å². The molecule has 4 nitrogen and oxygen atoms in total.